The summed E-state index contributed by atoms with van der Waals surface area (Å²) in [6.45, 7) is 1.04. The lowest BCUT2D eigenvalue weighted by atomic mass is 10.00. The van der Waals surface area contributed by atoms with Crippen molar-refractivity contribution in [2.45, 2.75) is 19.4 Å². The summed E-state index contributed by atoms with van der Waals surface area (Å²) >= 11 is 0. The number of benzene rings is 1. The van der Waals surface area contributed by atoms with Crippen molar-refractivity contribution in [1.29, 1.82) is 0 Å². The molecule has 0 aliphatic rings. The summed E-state index contributed by atoms with van der Waals surface area (Å²) in [4.78, 5) is 34.6. The number of allylic oxidation sites excluding steroid dienone is 1. The first-order valence-electron chi connectivity index (χ1n) is 7.56. The Morgan fingerprint density at radius 2 is 1.75 bits per heavy atom. The second-order valence-electron chi connectivity index (χ2n) is 4.97. The topological polar surface area (TPSA) is 78.9 Å². The highest BCUT2D eigenvalue weighted by Gasteiger charge is 2.32. The van der Waals surface area contributed by atoms with Gasteiger partial charge in [0.15, 0.2) is 0 Å². The van der Waals surface area contributed by atoms with Crippen molar-refractivity contribution in [1.82, 2.24) is 0 Å². The molecule has 6 nitrogen and oxygen atoms in total. The third kappa shape index (κ3) is 6.75. The van der Waals surface area contributed by atoms with Crippen LogP contribution in [0.4, 0.5) is 0 Å². The molecular formula is C18H22O6. The third-order valence-electron chi connectivity index (χ3n) is 3.27. The number of ether oxygens (including phenoxy) is 3. The lowest BCUT2D eigenvalue weighted by Crippen LogP contribution is -2.31. The molecule has 0 saturated heterocycles. The maximum absolute atomic E-state index is 11.8. The van der Waals surface area contributed by atoms with Gasteiger partial charge in [-0.05, 0) is 18.4 Å². The highest BCUT2D eigenvalue weighted by atomic mass is 16.5. The van der Waals surface area contributed by atoms with E-state index in [9.17, 15) is 14.4 Å². The van der Waals surface area contributed by atoms with Crippen LogP contribution in [-0.2, 0) is 35.2 Å². The van der Waals surface area contributed by atoms with Crippen LogP contribution in [0.2, 0.25) is 0 Å². The van der Waals surface area contributed by atoms with Crippen LogP contribution in [-0.4, -0.2) is 38.5 Å². The summed E-state index contributed by atoms with van der Waals surface area (Å²) in [5.41, 5.74) is 1.09. The quantitative estimate of drug-likeness (QED) is 0.214. The molecule has 1 aromatic rings. The smallest absolute Gasteiger partial charge is 0.375 e. The van der Waals surface area contributed by atoms with E-state index >= 15 is 0 Å². The molecule has 0 saturated carbocycles. The number of carbonyl (C=O) groups is 3. The summed E-state index contributed by atoms with van der Waals surface area (Å²) in [6.07, 6.45) is 4.17. The molecule has 0 heterocycles. The van der Waals surface area contributed by atoms with Crippen molar-refractivity contribution in [3.05, 3.63) is 48.0 Å². The van der Waals surface area contributed by atoms with Crippen LogP contribution in [0.5, 0.6) is 0 Å². The van der Waals surface area contributed by atoms with Crippen molar-refractivity contribution >= 4 is 17.7 Å². The number of methoxy groups -OCH3 is 2. The van der Waals surface area contributed by atoms with E-state index in [1.165, 1.54) is 7.11 Å². The highest BCUT2D eigenvalue weighted by Crippen LogP contribution is 2.10. The first kappa shape index (κ1) is 19.6. The van der Waals surface area contributed by atoms with Gasteiger partial charge in [0.2, 0.25) is 0 Å². The van der Waals surface area contributed by atoms with E-state index < -0.39 is 23.6 Å². The van der Waals surface area contributed by atoms with E-state index in [1.54, 1.807) is 12.2 Å². The Hall–Kier alpha value is -2.47. The van der Waals surface area contributed by atoms with Crippen molar-refractivity contribution in [2.75, 3.05) is 20.8 Å². The fraction of sp³-hybridized carbons (Fsp3) is 0.389. The fourth-order valence-electron chi connectivity index (χ4n) is 1.96. The van der Waals surface area contributed by atoms with Gasteiger partial charge in [0.25, 0.3) is 5.78 Å². The summed E-state index contributed by atoms with van der Waals surface area (Å²) in [6, 6.07) is 9.80. The molecule has 0 unspecified atom stereocenters. The molecule has 0 aromatic heterocycles. The maximum atomic E-state index is 11.8. The first-order chi connectivity index (χ1) is 11.6. The number of carbonyl (C=O) groups excluding carboxylic acids is 3. The van der Waals surface area contributed by atoms with Crippen LogP contribution < -0.4 is 0 Å². The van der Waals surface area contributed by atoms with Gasteiger partial charge in [-0.2, -0.15) is 0 Å². The minimum absolute atomic E-state index is 0.0826. The number of ketones is 1. The molecule has 0 aliphatic heterocycles. The Morgan fingerprint density at radius 1 is 1.04 bits per heavy atom. The second-order valence-corrected chi connectivity index (χ2v) is 4.97. The molecule has 0 amide bonds. The number of hydrogen-bond acceptors (Lipinski definition) is 6. The monoisotopic (exact) mass is 334 g/mol. The van der Waals surface area contributed by atoms with E-state index in [-0.39, 0.29) is 6.42 Å². The van der Waals surface area contributed by atoms with E-state index in [1.807, 2.05) is 30.3 Å². The Morgan fingerprint density at radius 3 is 2.38 bits per heavy atom. The molecule has 0 N–H and O–H groups in total. The Kier molecular flexibility index (Phi) is 9.07. The average Bonchev–Trinajstić information content (AvgIpc) is 2.63. The number of esters is 2. The Balaban J connectivity index is 2.35. The van der Waals surface area contributed by atoms with Gasteiger partial charge < -0.3 is 14.2 Å². The van der Waals surface area contributed by atoms with E-state index in [0.29, 0.717) is 19.6 Å². The summed E-state index contributed by atoms with van der Waals surface area (Å²) < 4.78 is 14.4. The predicted molar refractivity (Wildman–Crippen MR) is 87.0 cm³/mol. The van der Waals surface area contributed by atoms with Gasteiger partial charge in [0, 0.05) is 0 Å². The molecule has 6 heteroatoms. The molecule has 0 bridgehead atoms. The number of hydrogen-bond donors (Lipinski definition) is 0. The van der Waals surface area contributed by atoms with Crippen molar-refractivity contribution in [3.8, 4) is 0 Å². The minimum atomic E-state index is -1.18. The maximum Gasteiger partial charge on any atom is 0.375 e. The molecule has 24 heavy (non-hydrogen) atoms. The van der Waals surface area contributed by atoms with Gasteiger partial charge >= 0.3 is 11.9 Å². The SMILES string of the molecule is COC(=O)C(=O)[C@@H](C/C=C\CCOCc1ccccc1)C(=O)OC. The standard InChI is InChI=1S/C18H22O6/c1-22-17(20)15(16(19)18(21)23-2)11-7-4-8-12-24-13-14-9-5-3-6-10-14/h3-7,9-10,15H,8,11-13H2,1-2H3/b7-4-/t15-/m1/s1. The number of Topliss-reactive ketones (excluding diaryl/α,β-unsaturated/α-hetero) is 1. The fourth-order valence-corrected chi connectivity index (χ4v) is 1.96. The zero-order valence-corrected chi connectivity index (χ0v) is 13.9. The second kappa shape index (κ2) is 11.1. The molecule has 0 fully saturated rings. The number of rotatable bonds is 10. The highest BCUT2D eigenvalue weighted by molar-refractivity contribution is 6.37. The molecular weight excluding hydrogens is 312 g/mol. The van der Waals surface area contributed by atoms with Gasteiger partial charge in [-0.1, -0.05) is 42.5 Å². The molecule has 0 aliphatic carbocycles. The molecule has 0 spiro atoms. The largest absolute Gasteiger partial charge is 0.468 e. The third-order valence-corrected chi connectivity index (χ3v) is 3.27. The van der Waals surface area contributed by atoms with Gasteiger partial charge in [-0.3, -0.25) is 9.59 Å². The summed E-state index contributed by atoms with van der Waals surface area (Å²) in [5.74, 6) is -3.89. The Labute approximate surface area is 141 Å². The van der Waals surface area contributed by atoms with Crippen molar-refractivity contribution in [2.24, 2.45) is 5.92 Å². The molecule has 0 radical (unpaired) electrons. The van der Waals surface area contributed by atoms with Crippen LogP contribution in [0.3, 0.4) is 0 Å². The summed E-state index contributed by atoms with van der Waals surface area (Å²) in [7, 11) is 2.26. The van der Waals surface area contributed by atoms with Gasteiger partial charge in [0.05, 0.1) is 27.4 Å². The minimum Gasteiger partial charge on any atom is -0.468 e. The summed E-state index contributed by atoms with van der Waals surface area (Å²) in [5, 5.41) is 0. The van der Waals surface area contributed by atoms with Crippen LogP contribution >= 0.6 is 0 Å². The van der Waals surface area contributed by atoms with Crippen molar-refractivity contribution in [3.63, 3.8) is 0 Å². The van der Waals surface area contributed by atoms with Crippen LogP contribution in [0, 0.1) is 5.92 Å². The van der Waals surface area contributed by atoms with Gasteiger partial charge in [-0.15, -0.1) is 0 Å². The lowest BCUT2D eigenvalue weighted by molar-refractivity contribution is -0.159. The Bertz CT molecular complexity index is 564. The van der Waals surface area contributed by atoms with Crippen LogP contribution in [0.15, 0.2) is 42.5 Å². The van der Waals surface area contributed by atoms with Crippen LogP contribution in [0.25, 0.3) is 0 Å². The van der Waals surface area contributed by atoms with Gasteiger partial charge in [0.1, 0.15) is 5.92 Å². The predicted octanol–water partition coefficient (Wildman–Crippen LogP) is 2.07. The molecule has 1 atom stereocenters. The van der Waals surface area contributed by atoms with E-state index in [0.717, 1.165) is 12.7 Å². The average molecular weight is 334 g/mol. The first-order valence-corrected chi connectivity index (χ1v) is 7.56. The van der Waals surface area contributed by atoms with E-state index in [2.05, 4.69) is 9.47 Å². The lowest BCUT2D eigenvalue weighted by Gasteiger charge is -2.09. The van der Waals surface area contributed by atoms with Crippen LogP contribution in [0.1, 0.15) is 18.4 Å². The van der Waals surface area contributed by atoms with E-state index in [4.69, 9.17) is 4.74 Å². The van der Waals surface area contributed by atoms with Crippen molar-refractivity contribution < 1.29 is 28.6 Å². The van der Waals surface area contributed by atoms with Gasteiger partial charge in [-0.25, -0.2) is 4.79 Å². The molecule has 130 valence electrons. The zero-order valence-electron chi connectivity index (χ0n) is 13.9. The molecule has 1 rings (SSSR count). The normalized spacial score (nSPS) is 11.9. The zero-order chi connectivity index (χ0) is 17.8. The molecule has 1 aromatic carbocycles.